The van der Waals surface area contributed by atoms with Crippen molar-refractivity contribution in [1.82, 2.24) is 9.55 Å². The molecule has 4 nitrogen and oxygen atoms in total. The third-order valence-electron chi connectivity index (χ3n) is 2.87. The molecular weight excluding hydrogens is 262 g/mol. The monoisotopic (exact) mass is 279 g/mol. The summed E-state index contributed by atoms with van der Waals surface area (Å²) in [6.45, 7) is 5.09. The number of nitrogen functional groups attached to an aromatic ring is 1. The lowest BCUT2D eigenvalue weighted by Gasteiger charge is -2.11. The first-order chi connectivity index (χ1) is 9.04. The first-order valence-corrected chi connectivity index (χ1v) is 6.55. The number of nitrogens with two attached hydrogens (primary N) is 1. The van der Waals surface area contributed by atoms with Crippen molar-refractivity contribution < 1.29 is 4.74 Å². The summed E-state index contributed by atoms with van der Waals surface area (Å²) in [4.78, 5) is 4.38. The molecule has 102 valence electrons. The fourth-order valence-corrected chi connectivity index (χ4v) is 2.28. The predicted molar refractivity (Wildman–Crippen MR) is 78.5 cm³/mol. The predicted octanol–water partition coefficient (Wildman–Crippen LogP) is 3.45. The molecular formula is C14H18ClN3O. The van der Waals surface area contributed by atoms with E-state index in [2.05, 4.69) is 18.8 Å². The normalized spacial score (nSPS) is 11.0. The molecule has 0 unspecified atom stereocenters. The topological polar surface area (TPSA) is 53.1 Å². The van der Waals surface area contributed by atoms with E-state index in [4.69, 9.17) is 22.1 Å². The summed E-state index contributed by atoms with van der Waals surface area (Å²) < 4.78 is 7.27. The minimum atomic E-state index is 0.498. The molecule has 1 aromatic carbocycles. The van der Waals surface area contributed by atoms with Crippen molar-refractivity contribution in [1.29, 1.82) is 0 Å². The lowest BCUT2D eigenvalue weighted by molar-refractivity contribution is 0.416. The van der Waals surface area contributed by atoms with Gasteiger partial charge in [-0.05, 0) is 18.1 Å². The van der Waals surface area contributed by atoms with Crippen molar-refractivity contribution in [2.45, 2.75) is 20.4 Å². The Morgan fingerprint density at radius 3 is 2.79 bits per heavy atom. The van der Waals surface area contributed by atoms with Gasteiger partial charge >= 0.3 is 0 Å². The number of aromatic nitrogens is 2. The van der Waals surface area contributed by atoms with Crippen LogP contribution in [0.15, 0.2) is 24.5 Å². The van der Waals surface area contributed by atoms with E-state index in [0.29, 0.717) is 28.2 Å². The van der Waals surface area contributed by atoms with Gasteiger partial charge in [-0.1, -0.05) is 31.5 Å². The quantitative estimate of drug-likeness (QED) is 0.933. The molecule has 1 heterocycles. The van der Waals surface area contributed by atoms with Gasteiger partial charge in [0.2, 0.25) is 0 Å². The Kier molecular flexibility index (Phi) is 4.00. The SMILES string of the molecule is COc1cccc(Cl)c1-c1ncn(CC(C)C)c1N. The molecule has 0 amide bonds. The maximum Gasteiger partial charge on any atom is 0.131 e. The fraction of sp³-hybridized carbons (Fsp3) is 0.357. The van der Waals surface area contributed by atoms with Crippen molar-refractivity contribution in [3.8, 4) is 17.0 Å². The first kappa shape index (κ1) is 13.7. The molecule has 0 fully saturated rings. The summed E-state index contributed by atoms with van der Waals surface area (Å²) in [6, 6.07) is 5.49. The Hall–Kier alpha value is -1.68. The van der Waals surface area contributed by atoms with Crippen LogP contribution in [0.25, 0.3) is 11.3 Å². The van der Waals surface area contributed by atoms with Gasteiger partial charge < -0.3 is 15.0 Å². The first-order valence-electron chi connectivity index (χ1n) is 6.18. The Labute approximate surface area is 118 Å². The molecule has 0 atom stereocenters. The smallest absolute Gasteiger partial charge is 0.131 e. The summed E-state index contributed by atoms with van der Waals surface area (Å²) >= 11 is 6.24. The molecule has 0 aliphatic rings. The molecule has 0 saturated carbocycles. The molecule has 2 rings (SSSR count). The van der Waals surface area contributed by atoms with Crippen LogP contribution in [0.5, 0.6) is 5.75 Å². The van der Waals surface area contributed by atoms with Crippen LogP contribution in [-0.4, -0.2) is 16.7 Å². The second-order valence-corrected chi connectivity index (χ2v) is 5.25. The van der Waals surface area contributed by atoms with Crippen molar-refractivity contribution in [3.05, 3.63) is 29.5 Å². The third-order valence-corrected chi connectivity index (χ3v) is 3.19. The number of imidazole rings is 1. The Morgan fingerprint density at radius 2 is 2.16 bits per heavy atom. The van der Waals surface area contributed by atoms with Gasteiger partial charge in [0.25, 0.3) is 0 Å². The summed E-state index contributed by atoms with van der Waals surface area (Å²) in [5, 5.41) is 0.584. The average Bonchev–Trinajstić information content (AvgIpc) is 2.70. The molecule has 0 bridgehead atoms. The molecule has 0 radical (unpaired) electrons. The second-order valence-electron chi connectivity index (χ2n) is 4.84. The van der Waals surface area contributed by atoms with E-state index in [1.54, 1.807) is 19.5 Å². The van der Waals surface area contributed by atoms with Crippen molar-refractivity contribution in [2.75, 3.05) is 12.8 Å². The molecule has 1 aromatic heterocycles. The van der Waals surface area contributed by atoms with E-state index < -0.39 is 0 Å². The van der Waals surface area contributed by atoms with Crippen LogP contribution < -0.4 is 10.5 Å². The van der Waals surface area contributed by atoms with Gasteiger partial charge in [-0.25, -0.2) is 4.98 Å². The molecule has 0 aliphatic heterocycles. The van der Waals surface area contributed by atoms with Crippen LogP contribution in [-0.2, 0) is 6.54 Å². The zero-order chi connectivity index (χ0) is 14.0. The van der Waals surface area contributed by atoms with Gasteiger partial charge in [-0.3, -0.25) is 0 Å². The molecule has 5 heteroatoms. The number of hydrogen-bond donors (Lipinski definition) is 1. The number of hydrogen-bond acceptors (Lipinski definition) is 3. The third kappa shape index (κ3) is 2.68. The maximum atomic E-state index is 6.24. The van der Waals surface area contributed by atoms with Crippen LogP contribution in [0, 0.1) is 5.92 Å². The number of methoxy groups -OCH3 is 1. The van der Waals surface area contributed by atoms with Crippen molar-refractivity contribution in [3.63, 3.8) is 0 Å². The summed E-state index contributed by atoms with van der Waals surface area (Å²) in [5.41, 5.74) is 7.57. The highest BCUT2D eigenvalue weighted by Gasteiger charge is 2.17. The van der Waals surface area contributed by atoms with Crippen LogP contribution in [0.2, 0.25) is 5.02 Å². The largest absolute Gasteiger partial charge is 0.496 e. The van der Waals surface area contributed by atoms with Gasteiger partial charge in [0.15, 0.2) is 0 Å². The molecule has 0 saturated heterocycles. The van der Waals surface area contributed by atoms with Crippen LogP contribution in [0.1, 0.15) is 13.8 Å². The molecule has 0 aliphatic carbocycles. The highest BCUT2D eigenvalue weighted by molar-refractivity contribution is 6.33. The Morgan fingerprint density at radius 1 is 1.42 bits per heavy atom. The summed E-state index contributed by atoms with van der Waals surface area (Å²) in [7, 11) is 1.61. The minimum Gasteiger partial charge on any atom is -0.496 e. The van der Waals surface area contributed by atoms with E-state index in [9.17, 15) is 0 Å². The second kappa shape index (κ2) is 5.53. The van der Waals surface area contributed by atoms with Crippen LogP contribution in [0.3, 0.4) is 0 Å². The molecule has 2 N–H and O–H groups in total. The van der Waals surface area contributed by atoms with E-state index in [1.165, 1.54) is 0 Å². The number of benzene rings is 1. The maximum absolute atomic E-state index is 6.24. The molecule has 2 aromatic rings. The number of anilines is 1. The fourth-order valence-electron chi connectivity index (χ4n) is 2.03. The van der Waals surface area contributed by atoms with E-state index in [0.717, 1.165) is 12.1 Å². The number of rotatable bonds is 4. The number of ether oxygens (including phenoxy) is 1. The van der Waals surface area contributed by atoms with Crippen molar-refractivity contribution in [2.24, 2.45) is 5.92 Å². The van der Waals surface area contributed by atoms with E-state index in [-0.39, 0.29) is 0 Å². The zero-order valence-electron chi connectivity index (χ0n) is 11.4. The van der Waals surface area contributed by atoms with E-state index in [1.807, 2.05) is 16.7 Å². The van der Waals surface area contributed by atoms with Crippen LogP contribution >= 0.6 is 11.6 Å². The lowest BCUT2D eigenvalue weighted by Crippen LogP contribution is -2.07. The average molecular weight is 280 g/mol. The van der Waals surface area contributed by atoms with Gasteiger partial charge in [0.1, 0.15) is 17.3 Å². The Balaban J connectivity index is 2.51. The van der Waals surface area contributed by atoms with Gasteiger partial charge in [-0.15, -0.1) is 0 Å². The van der Waals surface area contributed by atoms with Crippen LogP contribution in [0.4, 0.5) is 5.82 Å². The highest BCUT2D eigenvalue weighted by Crippen LogP contribution is 2.38. The summed E-state index contributed by atoms with van der Waals surface area (Å²) in [5.74, 6) is 1.78. The standard InChI is InChI=1S/C14H18ClN3O/c1-9(2)7-18-8-17-13(14(18)16)12-10(15)5-4-6-11(12)19-3/h4-6,8-9H,7,16H2,1-3H3. The van der Waals surface area contributed by atoms with Gasteiger partial charge in [0, 0.05) is 6.54 Å². The lowest BCUT2D eigenvalue weighted by atomic mass is 10.1. The van der Waals surface area contributed by atoms with Gasteiger partial charge in [0.05, 0.1) is 24.0 Å². The van der Waals surface area contributed by atoms with E-state index >= 15 is 0 Å². The number of halogens is 1. The Bertz CT molecular complexity index is 578. The summed E-state index contributed by atoms with van der Waals surface area (Å²) in [6.07, 6.45) is 1.74. The highest BCUT2D eigenvalue weighted by atomic mass is 35.5. The molecule has 0 spiro atoms. The molecule has 19 heavy (non-hydrogen) atoms. The van der Waals surface area contributed by atoms with Crippen molar-refractivity contribution >= 4 is 17.4 Å². The minimum absolute atomic E-state index is 0.498. The number of nitrogens with zero attached hydrogens (tertiary/aromatic N) is 2. The zero-order valence-corrected chi connectivity index (χ0v) is 12.1. The van der Waals surface area contributed by atoms with Gasteiger partial charge in [-0.2, -0.15) is 0 Å².